The molecule has 1 saturated carbocycles. The Morgan fingerprint density at radius 2 is 2.13 bits per heavy atom. The summed E-state index contributed by atoms with van der Waals surface area (Å²) in [6.07, 6.45) is 10.6. The highest BCUT2D eigenvalue weighted by Crippen LogP contribution is 2.67. The topological polar surface area (TPSA) is 0 Å². The van der Waals surface area contributed by atoms with Gasteiger partial charge in [0, 0.05) is 0 Å². The van der Waals surface area contributed by atoms with Crippen molar-refractivity contribution in [1.29, 1.82) is 0 Å². The fourth-order valence-electron chi connectivity index (χ4n) is 3.70. The first-order valence-corrected chi connectivity index (χ1v) is 6.79. The van der Waals surface area contributed by atoms with E-state index in [9.17, 15) is 0 Å². The Kier molecular flexibility index (Phi) is 2.96. The van der Waals surface area contributed by atoms with E-state index in [0.29, 0.717) is 5.41 Å². The van der Waals surface area contributed by atoms with E-state index in [-0.39, 0.29) is 0 Å². The molecule has 0 spiro atoms. The Labute approximate surface area is 95.1 Å². The summed E-state index contributed by atoms with van der Waals surface area (Å²) in [5.74, 6) is 3.76. The van der Waals surface area contributed by atoms with E-state index in [1.54, 1.807) is 0 Å². The summed E-state index contributed by atoms with van der Waals surface area (Å²) in [6.45, 7) is 9.60. The van der Waals surface area contributed by atoms with Gasteiger partial charge in [0.05, 0.1) is 0 Å². The van der Waals surface area contributed by atoms with E-state index in [0.717, 1.165) is 23.7 Å². The van der Waals surface area contributed by atoms with Crippen molar-refractivity contribution >= 4 is 0 Å². The number of unbranched alkanes of at least 4 members (excludes halogenated alkanes) is 1. The van der Waals surface area contributed by atoms with Crippen molar-refractivity contribution < 1.29 is 0 Å². The summed E-state index contributed by atoms with van der Waals surface area (Å²) in [5, 5.41) is 0. The maximum atomic E-state index is 2.51. The minimum Gasteiger partial charge on any atom is -0.0845 e. The van der Waals surface area contributed by atoms with Crippen LogP contribution >= 0.6 is 0 Å². The highest BCUT2D eigenvalue weighted by Gasteiger charge is 2.61. The average Bonchev–Trinajstić information content (AvgIpc) is 2.55. The normalized spacial score (nSPS) is 44.1. The van der Waals surface area contributed by atoms with Crippen LogP contribution in [0.4, 0.5) is 0 Å². The third kappa shape index (κ3) is 1.88. The summed E-state index contributed by atoms with van der Waals surface area (Å²) in [7, 11) is 0. The maximum Gasteiger partial charge on any atom is -0.00809 e. The van der Waals surface area contributed by atoms with Gasteiger partial charge in [0.15, 0.2) is 0 Å². The van der Waals surface area contributed by atoms with E-state index in [4.69, 9.17) is 0 Å². The Morgan fingerprint density at radius 3 is 2.67 bits per heavy atom. The molecule has 0 bridgehead atoms. The molecular weight excluding hydrogens is 180 g/mol. The Hall–Kier alpha value is -0.260. The predicted molar refractivity (Wildman–Crippen MR) is 66.7 cm³/mol. The molecule has 2 aliphatic carbocycles. The largest absolute Gasteiger partial charge is 0.0845 e. The van der Waals surface area contributed by atoms with E-state index >= 15 is 0 Å². The number of allylic oxidation sites excluding steroid dienone is 2. The molecule has 0 aromatic rings. The zero-order valence-corrected chi connectivity index (χ0v) is 10.8. The zero-order valence-electron chi connectivity index (χ0n) is 10.8. The third-order valence-electron chi connectivity index (χ3n) is 5.02. The van der Waals surface area contributed by atoms with Crippen LogP contribution in [-0.2, 0) is 0 Å². The standard InChI is InChI=1S/C15H26/c1-5-6-7-11(2)10-13-8-9-15(4)12(3)14(13)15/h8-9,11-14H,5-7,10H2,1-4H3. The lowest BCUT2D eigenvalue weighted by atomic mass is 9.89. The van der Waals surface area contributed by atoms with Gasteiger partial charge in [0.25, 0.3) is 0 Å². The molecule has 0 saturated heterocycles. The summed E-state index contributed by atoms with van der Waals surface area (Å²) >= 11 is 0. The molecule has 0 amide bonds. The molecule has 1 fully saturated rings. The van der Waals surface area contributed by atoms with Crippen molar-refractivity contribution in [2.24, 2.45) is 29.1 Å². The number of hydrogen-bond donors (Lipinski definition) is 0. The summed E-state index contributed by atoms with van der Waals surface area (Å²) < 4.78 is 0. The molecule has 5 atom stereocenters. The number of fused-ring (bicyclic) bond motifs is 1. The van der Waals surface area contributed by atoms with Gasteiger partial charge in [0.2, 0.25) is 0 Å². The molecule has 0 aromatic heterocycles. The highest BCUT2D eigenvalue weighted by atomic mass is 14.7. The van der Waals surface area contributed by atoms with Crippen LogP contribution in [0.5, 0.6) is 0 Å². The van der Waals surface area contributed by atoms with Crippen molar-refractivity contribution in [3.05, 3.63) is 12.2 Å². The van der Waals surface area contributed by atoms with Crippen LogP contribution in [0, 0.1) is 29.1 Å². The van der Waals surface area contributed by atoms with Crippen LogP contribution in [0.25, 0.3) is 0 Å². The lowest BCUT2D eigenvalue weighted by Crippen LogP contribution is -2.06. The predicted octanol–water partition coefficient (Wildman–Crippen LogP) is 4.66. The van der Waals surface area contributed by atoms with Gasteiger partial charge in [-0.05, 0) is 35.5 Å². The quantitative estimate of drug-likeness (QED) is 0.574. The van der Waals surface area contributed by atoms with E-state index in [2.05, 4.69) is 39.8 Å². The zero-order chi connectivity index (χ0) is 11.1. The Morgan fingerprint density at radius 1 is 1.40 bits per heavy atom. The van der Waals surface area contributed by atoms with Crippen LogP contribution < -0.4 is 0 Å². The monoisotopic (exact) mass is 206 g/mol. The second-order valence-corrected chi connectivity index (χ2v) is 6.19. The van der Waals surface area contributed by atoms with Gasteiger partial charge in [-0.2, -0.15) is 0 Å². The lowest BCUT2D eigenvalue weighted by molar-refractivity contribution is 0.373. The maximum absolute atomic E-state index is 2.51. The molecule has 0 aromatic carbocycles. The molecule has 2 aliphatic rings. The van der Waals surface area contributed by atoms with Crippen molar-refractivity contribution in [1.82, 2.24) is 0 Å². The first-order valence-electron chi connectivity index (χ1n) is 6.79. The van der Waals surface area contributed by atoms with Crippen LogP contribution in [0.2, 0.25) is 0 Å². The average molecular weight is 206 g/mol. The van der Waals surface area contributed by atoms with E-state index in [1.807, 2.05) is 0 Å². The summed E-state index contributed by atoms with van der Waals surface area (Å²) in [4.78, 5) is 0. The van der Waals surface area contributed by atoms with Gasteiger partial charge in [-0.25, -0.2) is 0 Å². The van der Waals surface area contributed by atoms with Gasteiger partial charge in [-0.15, -0.1) is 0 Å². The van der Waals surface area contributed by atoms with Gasteiger partial charge >= 0.3 is 0 Å². The van der Waals surface area contributed by atoms with Gasteiger partial charge in [-0.1, -0.05) is 59.1 Å². The molecule has 15 heavy (non-hydrogen) atoms. The van der Waals surface area contributed by atoms with Crippen LogP contribution in [0.1, 0.15) is 53.4 Å². The second kappa shape index (κ2) is 3.96. The van der Waals surface area contributed by atoms with E-state index in [1.165, 1.54) is 25.7 Å². The number of rotatable bonds is 5. The fourth-order valence-corrected chi connectivity index (χ4v) is 3.70. The molecule has 0 N–H and O–H groups in total. The van der Waals surface area contributed by atoms with Gasteiger partial charge in [-0.3, -0.25) is 0 Å². The second-order valence-electron chi connectivity index (χ2n) is 6.19. The molecule has 2 rings (SSSR count). The van der Waals surface area contributed by atoms with Crippen molar-refractivity contribution in [2.75, 3.05) is 0 Å². The van der Waals surface area contributed by atoms with E-state index < -0.39 is 0 Å². The highest BCUT2D eigenvalue weighted by molar-refractivity contribution is 5.27. The van der Waals surface area contributed by atoms with Crippen molar-refractivity contribution in [3.8, 4) is 0 Å². The minimum absolute atomic E-state index is 0.592. The SMILES string of the molecule is CCCCC(C)CC1C=CC2(C)C(C)C12. The smallest absolute Gasteiger partial charge is 0.00809 e. The van der Waals surface area contributed by atoms with Gasteiger partial charge < -0.3 is 0 Å². The lowest BCUT2D eigenvalue weighted by Gasteiger charge is -2.16. The first kappa shape index (κ1) is 11.2. The molecule has 0 heterocycles. The molecule has 0 aliphatic heterocycles. The summed E-state index contributed by atoms with van der Waals surface area (Å²) in [5.41, 5.74) is 0.592. The van der Waals surface area contributed by atoms with Crippen LogP contribution in [-0.4, -0.2) is 0 Å². The summed E-state index contributed by atoms with van der Waals surface area (Å²) in [6, 6.07) is 0. The fraction of sp³-hybridized carbons (Fsp3) is 0.867. The van der Waals surface area contributed by atoms with Crippen LogP contribution in [0.15, 0.2) is 12.2 Å². The molecule has 5 unspecified atom stereocenters. The third-order valence-corrected chi connectivity index (χ3v) is 5.02. The Bertz CT molecular complexity index is 253. The van der Waals surface area contributed by atoms with Crippen molar-refractivity contribution in [2.45, 2.75) is 53.4 Å². The molecule has 0 heteroatoms. The number of hydrogen-bond acceptors (Lipinski definition) is 0. The molecule has 86 valence electrons. The molecular formula is C15H26. The minimum atomic E-state index is 0.592. The van der Waals surface area contributed by atoms with Gasteiger partial charge in [0.1, 0.15) is 0 Å². The first-order chi connectivity index (χ1) is 7.09. The molecule has 0 nitrogen and oxygen atoms in total. The van der Waals surface area contributed by atoms with Crippen molar-refractivity contribution in [3.63, 3.8) is 0 Å². The Balaban J connectivity index is 1.80. The molecule has 0 radical (unpaired) electrons. The van der Waals surface area contributed by atoms with Crippen LogP contribution in [0.3, 0.4) is 0 Å².